The number of aromatic hydroxyl groups is 1. The number of nitrogens with one attached hydrogen (secondary N) is 2. The molecular formula is C26H34N4O4. The molecule has 3 aromatic rings. The van der Waals surface area contributed by atoms with Gasteiger partial charge in [0, 0.05) is 49.6 Å². The minimum Gasteiger partial charge on any atom is -0.507 e. The molecule has 1 unspecified atom stereocenters. The van der Waals surface area contributed by atoms with Crippen molar-refractivity contribution < 1.29 is 19.4 Å². The van der Waals surface area contributed by atoms with E-state index in [0.717, 1.165) is 49.3 Å². The fraction of sp³-hybridized carbons (Fsp3) is 0.423. The summed E-state index contributed by atoms with van der Waals surface area (Å²) in [5.41, 5.74) is 3.24. The number of carbonyl (C=O) groups excluding carboxylic acids is 1. The molecule has 1 atom stereocenters. The van der Waals surface area contributed by atoms with E-state index in [2.05, 4.69) is 27.1 Å². The van der Waals surface area contributed by atoms with E-state index in [1.807, 2.05) is 24.4 Å². The molecule has 0 saturated carbocycles. The molecule has 0 bridgehead atoms. The number of phenols is 1. The maximum atomic E-state index is 10.0. The predicted molar refractivity (Wildman–Crippen MR) is 132 cm³/mol. The van der Waals surface area contributed by atoms with Crippen LogP contribution in [0.15, 0.2) is 49.2 Å². The van der Waals surface area contributed by atoms with Crippen molar-refractivity contribution in [2.45, 2.75) is 44.6 Å². The van der Waals surface area contributed by atoms with Crippen molar-refractivity contribution in [3.05, 3.63) is 54.7 Å². The van der Waals surface area contributed by atoms with Crippen LogP contribution >= 0.6 is 0 Å². The Bertz CT molecular complexity index is 1040. The highest BCUT2D eigenvalue weighted by Gasteiger charge is 2.20. The Labute approximate surface area is 200 Å². The number of phenolic OH excluding ortho intramolecular Hbond substituents is 1. The van der Waals surface area contributed by atoms with E-state index >= 15 is 0 Å². The Morgan fingerprint density at radius 3 is 2.47 bits per heavy atom. The maximum absolute atomic E-state index is 10.0. The normalized spacial score (nSPS) is 17.5. The Morgan fingerprint density at radius 1 is 1.15 bits per heavy atom. The van der Waals surface area contributed by atoms with Gasteiger partial charge in [0.2, 0.25) is 5.91 Å². The number of fused-ring (bicyclic) bond motifs is 1. The van der Waals surface area contributed by atoms with E-state index in [1.165, 1.54) is 31.8 Å². The molecule has 8 heteroatoms. The van der Waals surface area contributed by atoms with Crippen LogP contribution in [-0.4, -0.2) is 53.1 Å². The summed E-state index contributed by atoms with van der Waals surface area (Å²) in [5, 5.41) is 21.8. The first kappa shape index (κ1) is 25.4. The first-order valence-corrected chi connectivity index (χ1v) is 11.8. The summed E-state index contributed by atoms with van der Waals surface area (Å²) >= 11 is 0. The number of nitrogens with zero attached hydrogens (tertiary/aromatic N) is 2. The topological polar surface area (TPSA) is 109 Å². The summed E-state index contributed by atoms with van der Waals surface area (Å²) in [6.45, 7) is 6.03. The lowest BCUT2D eigenvalue weighted by atomic mass is 10.0. The third-order valence-corrected chi connectivity index (χ3v) is 5.69. The van der Waals surface area contributed by atoms with Crippen molar-refractivity contribution in [2.24, 2.45) is 0 Å². The zero-order valence-corrected chi connectivity index (χ0v) is 19.8. The first-order valence-electron chi connectivity index (χ1n) is 11.8. The third-order valence-electron chi connectivity index (χ3n) is 5.69. The number of carbonyl (C=O) groups is 1. The zero-order valence-electron chi connectivity index (χ0n) is 19.8. The molecule has 1 amide bonds. The van der Waals surface area contributed by atoms with Crippen molar-refractivity contribution in [1.29, 1.82) is 0 Å². The van der Waals surface area contributed by atoms with Crippen LogP contribution in [0.25, 0.3) is 22.3 Å². The molecule has 2 saturated heterocycles. The molecule has 2 fully saturated rings. The van der Waals surface area contributed by atoms with Crippen molar-refractivity contribution in [3.8, 4) is 17.0 Å². The van der Waals surface area contributed by atoms with Crippen LogP contribution in [0.1, 0.15) is 50.2 Å². The van der Waals surface area contributed by atoms with Gasteiger partial charge in [-0.15, -0.1) is 10.2 Å². The third kappa shape index (κ3) is 7.13. The predicted octanol–water partition coefficient (Wildman–Crippen LogP) is 4.68. The van der Waals surface area contributed by atoms with Crippen LogP contribution < -0.4 is 5.32 Å². The lowest BCUT2D eigenvalue weighted by molar-refractivity contribution is -0.116. The molecule has 3 N–H and O–H groups in total. The Hall–Kier alpha value is -3.23. The van der Waals surface area contributed by atoms with Crippen molar-refractivity contribution >= 4 is 16.9 Å². The van der Waals surface area contributed by atoms with Gasteiger partial charge in [-0.3, -0.25) is 4.79 Å². The lowest BCUT2D eigenvalue weighted by Crippen LogP contribution is -2.13. The molecule has 8 nitrogen and oxygen atoms in total. The molecule has 0 spiro atoms. The standard InChI is InChI=1S/C17H17N3O2.C5H10O.C4H7NO/c21-15-6-2-1-5-11(15)14-9-12-13(10-18-17(12)20-19-14)16-7-3-4-8-22-16;1-2-4-6-5-3-1;1-3-4(6)5-2/h1-2,5-6,9-10,16,21H,3-4,7-8H2,(H,18,20);1-5H2;3H,1H2,2H3,(H,5,6). The van der Waals surface area contributed by atoms with Gasteiger partial charge in [0.05, 0.1) is 11.8 Å². The van der Waals surface area contributed by atoms with Crippen molar-refractivity contribution in [2.75, 3.05) is 26.9 Å². The van der Waals surface area contributed by atoms with Crippen LogP contribution in [0.4, 0.5) is 0 Å². The van der Waals surface area contributed by atoms with Gasteiger partial charge in [-0.25, -0.2) is 0 Å². The molecule has 1 aromatic carbocycles. The van der Waals surface area contributed by atoms with Gasteiger partial charge >= 0.3 is 0 Å². The molecule has 182 valence electrons. The molecular weight excluding hydrogens is 432 g/mol. The number of H-pyrrole nitrogens is 1. The summed E-state index contributed by atoms with van der Waals surface area (Å²) < 4.78 is 11.0. The van der Waals surface area contributed by atoms with E-state index in [9.17, 15) is 9.90 Å². The second kappa shape index (κ2) is 13.5. The number of ether oxygens (including phenoxy) is 2. The average molecular weight is 467 g/mol. The highest BCUT2D eigenvalue weighted by molar-refractivity contribution is 5.86. The Kier molecular flexibility index (Phi) is 10.1. The number of para-hydroxylation sites is 1. The Balaban J connectivity index is 0.000000223. The highest BCUT2D eigenvalue weighted by Crippen LogP contribution is 2.34. The molecule has 2 aliphatic rings. The second-order valence-electron chi connectivity index (χ2n) is 8.10. The minimum atomic E-state index is -0.144. The number of aromatic amines is 1. The maximum Gasteiger partial charge on any atom is 0.243 e. The summed E-state index contributed by atoms with van der Waals surface area (Å²) in [4.78, 5) is 13.1. The lowest BCUT2D eigenvalue weighted by Gasteiger charge is -2.22. The van der Waals surface area contributed by atoms with Crippen molar-refractivity contribution in [3.63, 3.8) is 0 Å². The van der Waals surface area contributed by atoms with Gasteiger partial charge in [-0.05, 0) is 62.8 Å². The average Bonchev–Trinajstić information content (AvgIpc) is 3.34. The van der Waals surface area contributed by atoms with Crippen LogP contribution in [0.2, 0.25) is 0 Å². The van der Waals surface area contributed by atoms with Crippen LogP contribution in [0.5, 0.6) is 5.75 Å². The largest absolute Gasteiger partial charge is 0.507 e. The molecule has 0 aliphatic carbocycles. The van der Waals surface area contributed by atoms with Crippen LogP contribution in [0.3, 0.4) is 0 Å². The molecule has 34 heavy (non-hydrogen) atoms. The van der Waals surface area contributed by atoms with Gasteiger partial charge in [0.15, 0.2) is 5.65 Å². The summed E-state index contributed by atoms with van der Waals surface area (Å²) in [6.07, 6.45) is 10.6. The second-order valence-corrected chi connectivity index (χ2v) is 8.10. The van der Waals surface area contributed by atoms with Crippen LogP contribution in [-0.2, 0) is 14.3 Å². The van der Waals surface area contributed by atoms with Gasteiger partial charge in [0.1, 0.15) is 5.75 Å². The van der Waals surface area contributed by atoms with E-state index in [0.29, 0.717) is 11.3 Å². The van der Waals surface area contributed by atoms with Crippen LogP contribution in [0, 0.1) is 0 Å². The summed E-state index contributed by atoms with van der Waals surface area (Å²) in [5.74, 6) is 0.0668. The van der Waals surface area contributed by atoms with E-state index in [4.69, 9.17) is 9.47 Å². The minimum absolute atomic E-state index is 0.115. The number of aromatic nitrogens is 3. The van der Waals surface area contributed by atoms with Crippen molar-refractivity contribution in [1.82, 2.24) is 20.5 Å². The SMILES string of the molecule is C1CCOCC1.C=CC(=O)NC.Oc1ccccc1-c1cc2c(C3CCCCO3)c[nH]c2nn1. The molecule has 2 aliphatic heterocycles. The number of hydrogen-bond donors (Lipinski definition) is 3. The quantitative estimate of drug-likeness (QED) is 0.484. The smallest absolute Gasteiger partial charge is 0.243 e. The van der Waals surface area contributed by atoms with E-state index in [1.54, 1.807) is 19.2 Å². The fourth-order valence-corrected chi connectivity index (χ4v) is 3.81. The van der Waals surface area contributed by atoms with E-state index in [-0.39, 0.29) is 17.8 Å². The number of hydrogen-bond acceptors (Lipinski definition) is 6. The number of amides is 1. The van der Waals surface area contributed by atoms with Gasteiger partial charge < -0.3 is 24.9 Å². The molecule has 0 radical (unpaired) electrons. The molecule has 4 heterocycles. The summed E-state index contributed by atoms with van der Waals surface area (Å²) in [7, 11) is 1.56. The molecule has 5 rings (SSSR count). The van der Waals surface area contributed by atoms with Gasteiger partial charge in [0.25, 0.3) is 0 Å². The zero-order chi connectivity index (χ0) is 24.2. The first-order chi connectivity index (χ1) is 16.6. The van der Waals surface area contributed by atoms with E-state index < -0.39 is 0 Å². The van der Waals surface area contributed by atoms with Gasteiger partial charge in [-0.2, -0.15) is 0 Å². The highest BCUT2D eigenvalue weighted by atomic mass is 16.5. The monoisotopic (exact) mass is 466 g/mol. The van der Waals surface area contributed by atoms with Gasteiger partial charge in [-0.1, -0.05) is 18.7 Å². The number of likely N-dealkylation sites (N-methyl/N-ethyl adjacent to an activating group) is 1. The molecule has 2 aromatic heterocycles. The summed E-state index contributed by atoms with van der Waals surface area (Å²) in [6, 6.07) is 9.14. The number of rotatable bonds is 3. The fourth-order valence-electron chi connectivity index (χ4n) is 3.81. The number of benzene rings is 1. The Morgan fingerprint density at radius 2 is 1.91 bits per heavy atom.